The highest BCUT2D eigenvalue weighted by Crippen LogP contribution is 2.20. The minimum absolute atomic E-state index is 0.0402. The SMILES string of the molecule is CC(C)c1cc(CC(=O)C(F)F)ccc1F. The minimum atomic E-state index is -2.97. The monoisotopic (exact) mass is 230 g/mol. The lowest BCUT2D eigenvalue weighted by atomic mass is 9.98. The van der Waals surface area contributed by atoms with E-state index in [-0.39, 0.29) is 18.2 Å². The van der Waals surface area contributed by atoms with Crippen LogP contribution < -0.4 is 0 Å². The van der Waals surface area contributed by atoms with E-state index in [9.17, 15) is 18.0 Å². The number of Topliss-reactive ketones (excluding diaryl/α,β-unsaturated/α-hetero) is 1. The molecule has 0 saturated carbocycles. The number of hydrogen-bond acceptors (Lipinski definition) is 1. The van der Waals surface area contributed by atoms with Gasteiger partial charge >= 0.3 is 0 Å². The number of carbonyl (C=O) groups excluding carboxylic acids is 1. The second-order valence-corrected chi connectivity index (χ2v) is 3.95. The lowest BCUT2D eigenvalue weighted by Crippen LogP contribution is -2.13. The van der Waals surface area contributed by atoms with E-state index in [0.29, 0.717) is 11.1 Å². The number of hydrogen-bond donors (Lipinski definition) is 0. The number of benzene rings is 1. The molecule has 0 spiro atoms. The second-order valence-electron chi connectivity index (χ2n) is 3.95. The molecule has 0 bridgehead atoms. The van der Waals surface area contributed by atoms with Gasteiger partial charge in [0.15, 0.2) is 0 Å². The average molecular weight is 230 g/mol. The van der Waals surface area contributed by atoms with Gasteiger partial charge in [0.1, 0.15) is 5.82 Å². The van der Waals surface area contributed by atoms with Crippen LogP contribution in [-0.2, 0) is 11.2 Å². The molecule has 0 heterocycles. The molecular formula is C12H13F3O. The van der Waals surface area contributed by atoms with Crippen molar-refractivity contribution in [2.75, 3.05) is 0 Å². The van der Waals surface area contributed by atoms with Crippen molar-refractivity contribution in [3.8, 4) is 0 Å². The van der Waals surface area contributed by atoms with Crippen LogP contribution in [0.25, 0.3) is 0 Å². The summed E-state index contributed by atoms with van der Waals surface area (Å²) in [5.41, 5.74) is 0.870. The van der Waals surface area contributed by atoms with E-state index in [0.717, 1.165) is 0 Å². The van der Waals surface area contributed by atoms with E-state index in [1.165, 1.54) is 18.2 Å². The Balaban J connectivity index is 2.91. The van der Waals surface area contributed by atoms with Gasteiger partial charge < -0.3 is 0 Å². The highest BCUT2D eigenvalue weighted by atomic mass is 19.3. The van der Waals surface area contributed by atoms with Gasteiger partial charge in [-0.1, -0.05) is 26.0 Å². The Morgan fingerprint density at radius 1 is 1.31 bits per heavy atom. The molecule has 0 atom stereocenters. The summed E-state index contributed by atoms with van der Waals surface area (Å²) >= 11 is 0. The maximum Gasteiger partial charge on any atom is 0.296 e. The normalized spacial score (nSPS) is 11.2. The first kappa shape index (κ1) is 12.7. The lowest BCUT2D eigenvalue weighted by molar-refractivity contribution is -0.128. The van der Waals surface area contributed by atoms with Crippen LogP contribution in [0.2, 0.25) is 0 Å². The maximum atomic E-state index is 13.3. The third-order valence-corrected chi connectivity index (χ3v) is 2.30. The first-order valence-corrected chi connectivity index (χ1v) is 5.01. The standard InChI is InChI=1S/C12H13F3O/c1-7(2)9-5-8(3-4-10(9)13)6-11(16)12(14)15/h3-5,7,12H,6H2,1-2H3. The molecule has 0 radical (unpaired) electrons. The van der Waals surface area contributed by atoms with Crippen molar-refractivity contribution in [3.63, 3.8) is 0 Å². The first-order chi connectivity index (χ1) is 7.41. The predicted molar refractivity (Wildman–Crippen MR) is 55.2 cm³/mol. The average Bonchev–Trinajstić information content (AvgIpc) is 2.20. The highest BCUT2D eigenvalue weighted by Gasteiger charge is 2.16. The predicted octanol–water partition coefficient (Wildman–Crippen LogP) is 3.33. The van der Waals surface area contributed by atoms with Crippen LogP contribution in [0.4, 0.5) is 13.2 Å². The van der Waals surface area contributed by atoms with Gasteiger partial charge in [-0.2, -0.15) is 0 Å². The van der Waals surface area contributed by atoms with Crippen LogP contribution in [0.1, 0.15) is 30.9 Å². The Labute approximate surface area is 92.3 Å². The molecule has 0 amide bonds. The zero-order valence-corrected chi connectivity index (χ0v) is 9.14. The van der Waals surface area contributed by atoms with Crippen LogP contribution >= 0.6 is 0 Å². The summed E-state index contributed by atoms with van der Waals surface area (Å²) in [5.74, 6) is -1.55. The van der Waals surface area contributed by atoms with E-state index in [1.54, 1.807) is 13.8 Å². The van der Waals surface area contributed by atoms with Crippen molar-refractivity contribution in [3.05, 3.63) is 35.1 Å². The molecule has 0 unspecified atom stereocenters. The van der Waals surface area contributed by atoms with Crippen LogP contribution in [0, 0.1) is 5.82 Å². The van der Waals surface area contributed by atoms with Crippen LogP contribution in [0.5, 0.6) is 0 Å². The summed E-state index contributed by atoms with van der Waals surface area (Å²) in [6, 6.07) is 4.05. The molecule has 1 rings (SSSR count). The zero-order valence-electron chi connectivity index (χ0n) is 9.14. The molecule has 16 heavy (non-hydrogen) atoms. The molecule has 0 fully saturated rings. The molecule has 1 aromatic rings. The van der Waals surface area contributed by atoms with Gasteiger partial charge in [0, 0.05) is 6.42 Å². The topological polar surface area (TPSA) is 17.1 Å². The fourth-order valence-corrected chi connectivity index (χ4v) is 1.42. The first-order valence-electron chi connectivity index (χ1n) is 5.01. The summed E-state index contributed by atoms with van der Waals surface area (Å²) in [4.78, 5) is 10.8. The van der Waals surface area contributed by atoms with E-state index < -0.39 is 12.2 Å². The molecule has 4 heteroatoms. The molecular weight excluding hydrogens is 217 g/mol. The van der Waals surface area contributed by atoms with E-state index in [4.69, 9.17) is 0 Å². The van der Waals surface area contributed by atoms with Gasteiger partial charge in [-0.05, 0) is 23.1 Å². The molecule has 0 N–H and O–H groups in total. The van der Waals surface area contributed by atoms with Gasteiger partial charge in [-0.15, -0.1) is 0 Å². The third kappa shape index (κ3) is 3.08. The summed E-state index contributed by atoms with van der Waals surface area (Å²) in [5, 5.41) is 0. The Kier molecular flexibility index (Phi) is 4.10. The second kappa shape index (κ2) is 5.14. The fraction of sp³-hybridized carbons (Fsp3) is 0.417. The van der Waals surface area contributed by atoms with E-state index >= 15 is 0 Å². The summed E-state index contributed by atoms with van der Waals surface area (Å²) < 4.78 is 37.3. The van der Waals surface area contributed by atoms with Crippen LogP contribution in [-0.4, -0.2) is 12.2 Å². The summed E-state index contributed by atoms with van der Waals surface area (Å²) in [6.45, 7) is 3.61. The van der Waals surface area contributed by atoms with Gasteiger partial charge in [0.2, 0.25) is 5.78 Å². The van der Waals surface area contributed by atoms with E-state index in [2.05, 4.69) is 0 Å². The third-order valence-electron chi connectivity index (χ3n) is 2.30. The van der Waals surface area contributed by atoms with Crippen molar-refractivity contribution in [2.45, 2.75) is 32.6 Å². The number of ketones is 1. The van der Waals surface area contributed by atoms with Crippen molar-refractivity contribution >= 4 is 5.78 Å². The van der Waals surface area contributed by atoms with Gasteiger partial charge in [-0.25, -0.2) is 13.2 Å². The highest BCUT2D eigenvalue weighted by molar-refractivity contribution is 5.83. The number of carbonyl (C=O) groups is 1. The Hall–Kier alpha value is -1.32. The molecule has 1 nitrogen and oxygen atoms in total. The number of alkyl halides is 2. The maximum absolute atomic E-state index is 13.3. The molecule has 0 saturated heterocycles. The van der Waals surface area contributed by atoms with Crippen LogP contribution in [0.15, 0.2) is 18.2 Å². The number of halogens is 3. The molecule has 0 aliphatic carbocycles. The van der Waals surface area contributed by atoms with Gasteiger partial charge in [0.25, 0.3) is 6.43 Å². The van der Waals surface area contributed by atoms with Crippen molar-refractivity contribution < 1.29 is 18.0 Å². The van der Waals surface area contributed by atoms with Gasteiger partial charge in [-0.3, -0.25) is 4.79 Å². The zero-order chi connectivity index (χ0) is 12.3. The quantitative estimate of drug-likeness (QED) is 0.775. The fourth-order valence-electron chi connectivity index (χ4n) is 1.42. The molecule has 0 aliphatic rings. The Morgan fingerprint density at radius 2 is 1.94 bits per heavy atom. The van der Waals surface area contributed by atoms with Crippen molar-refractivity contribution in [1.29, 1.82) is 0 Å². The molecule has 88 valence electrons. The lowest BCUT2D eigenvalue weighted by Gasteiger charge is -2.09. The van der Waals surface area contributed by atoms with Crippen molar-refractivity contribution in [2.24, 2.45) is 0 Å². The van der Waals surface area contributed by atoms with E-state index in [1.807, 2.05) is 0 Å². The van der Waals surface area contributed by atoms with Crippen LogP contribution in [0.3, 0.4) is 0 Å². The van der Waals surface area contributed by atoms with Crippen molar-refractivity contribution in [1.82, 2.24) is 0 Å². The molecule has 0 aromatic heterocycles. The molecule has 0 aliphatic heterocycles. The Bertz CT molecular complexity index is 386. The summed E-state index contributed by atoms with van der Waals surface area (Å²) in [6.07, 6.45) is -3.31. The smallest absolute Gasteiger partial charge is 0.293 e. The largest absolute Gasteiger partial charge is 0.296 e. The minimum Gasteiger partial charge on any atom is -0.293 e. The Morgan fingerprint density at radius 3 is 2.44 bits per heavy atom. The number of rotatable bonds is 4. The summed E-state index contributed by atoms with van der Waals surface area (Å²) in [7, 11) is 0. The molecule has 1 aromatic carbocycles. The van der Waals surface area contributed by atoms with Gasteiger partial charge in [0.05, 0.1) is 0 Å².